The number of rotatable bonds is 7. The zero-order valence-corrected chi connectivity index (χ0v) is 17.7. The SMILES string of the molecule is COc1ccc(CC(NC(=O)NCc2ccccc2C)c2nc3ccccc3[nH]2)cc1. The molecule has 4 aromatic rings. The third kappa shape index (κ3) is 5.04. The second kappa shape index (κ2) is 9.34. The Balaban J connectivity index is 1.52. The Kier molecular flexibility index (Phi) is 6.17. The van der Waals surface area contributed by atoms with Crippen LogP contribution in [0.25, 0.3) is 11.0 Å². The highest BCUT2D eigenvalue weighted by Gasteiger charge is 2.19. The number of aromatic nitrogens is 2. The molecule has 1 aromatic heterocycles. The van der Waals surface area contributed by atoms with Gasteiger partial charge in [-0.25, -0.2) is 9.78 Å². The Morgan fingerprint density at radius 1 is 1.03 bits per heavy atom. The smallest absolute Gasteiger partial charge is 0.315 e. The molecule has 0 spiro atoms. The Morgan fingerprint density at radius 3 is 2.52 bits per heavy atom. The highest BCUT2D eigenvalue weighted by molar-refractivity contribution is 5.76. The van der Waals surface area contributed by atoms with Gasteiger partial charge >= 0.3 is 6.03 Å². The van der Waals surface area contributed by atoms with Crippen molar-refractivity contribution in [3.05, 3.63) is 95.3 Å². The van der Waals surface area contributed by atoms with Crippen LogP contribution in [0.3, 0.4) is 0 Å². The Labute approximate surface area is 181 Å². The summed E-state index contributed by atoms with van der Waals surface area (Å²) in [4.78, 5) is 20.8. The molecule has 0 radical (unpaired) electrons. The van der Waals surface area contributed by atoms with E-state index in [1.807, 2.05) is 79.7 Å². The van der Waals surface area contributed by atoms with Gasteiger partial charge in [-0.15, -0.1) is 0 Å². The number of nitrogens with zero attached hydrogens (tertiary/aromatic N) is 1. The van der Waals surface area contributed by atoms with E-state index in [4.69, 9.17) is 9.72 Å². The molecule has 0 bridgehead atoms. The van der Waals surface area contributed by atoms with Gasteiger partial charge in [0.25, 0.3) is 0 Å². The fourth-order valence-electron chi connectivity index (χ4n) is 3.54. The minimum absolute atomic E-state index is 0.234. The van der Waals surface area contributed by atoms with Gasteiger partial charge in [-0.3, -0.25) is 0 Å². The van der Waals surface area contributed by atoms with Crippen molar-refractivity contribution in [3.8, 4) is 5.75 Å². The molecule has 3 N–H and O–H groups in total. The van der Waals surface area contributed by atoms with Crippen molar-refractivity contribution < 1.29 is 9.53 Å². The number of para-hydroxylation sites is 2. The molecule has 0 fully saturated rings. The van der Waals surface area contributed by atoms with E-state index < -0.39 is 0 Å². The third-order valence-corrected chi connectivity index (χ3v) is 5.34. The number of carbonyl (C=O) groups is 1. The molecule has 31 heavy (non-hydrogen) atoms. The van der Waals surface area contributed by atoms with Gasteiger partial charge in [-0.2, -0.15) is 0 Å². The first-order valence-corrected chi connectivity index (χ1v) is 10.3. The van der Waals surface area contributed by atoms with Gasteiger partial charge in [0.1, 0.15) is 11.6 Å². The maximum Gasteiger partial charge on any atom is 0.315 e. The number of amides is 2. The van der Waals surface area contributed by atoms with Gasteiger partial charge in [0.15, 0.2) is 0 Å². The zero-order valence-electron chi connectivity index (χ0n) is 17.7. The Hall–Kier alpha value is -3.80. The molecule has 0 saturated heterocycles. The molecule has 3 aromatic carbocycles. The molecule has 6 nitrogen and oxygen atoms in total. The number of aryl methyl sites for hydroxylation is 1. The summed E-state index contributed by atoms with van der Waals surface area (Å²) in [6, 6.07) is 23.2. The largest absolute Gasteiger partial charge is 0.497 e. The van der Waals surface area contributed by atoms with E-state index in [0.29, 0.717) is 13.0 Å². The Morgan fingerprint density at radius 2 is 1.77 bits per heavy atom. The standard InChI is InChI=1S/C25H26N4O2/c1-17-7-3-4-8-19(17)16-26-25(30)29-23(15-18-11-13-20(31-2)14-12-18)24-27-21-9-5-6-10-22(21)28-24/h3-14,23H,15-16H2,1-2H3,(H,27,28)(H2,26,29,30). The molecule has 2 amide bonds. The first kappa shape index (κ1) is 20.5. The lowest BCUT2D eigenvalue weighted by molar-refractivity contribution is 0.236. The first-order valence-electron chi connectivity index (χ1n) is 10.3. The summed E-state index contributed by atoms with van der Waals surface area (Å²) >= 11 is 0. The average molecular weight is 415 g/mol. The minimum atomic E-state index is -0.308. The first-order chi connectivity index (χ1) is 15.1. The van der Waals surface area contributed by atoms with Crippen molar-refractivity contribution in [1.82, 2.24) is 20.6 Å². The molecule has 1 unspecified atom stereocenters. The number of hydrogen-bond donors (Lipinski definition) is 3. The van der Waals surface area contributed by atoms with E-state index in [-0.39, 0.29) is 12.1 Å². The molecule has 1 atom stereocenters. The maximum absolute atomic E-state index is 12.7. The van der Waals surface area contributed by atoms with Gasteiger partial charge in [0.05, 0.1) is 24.2 Å². The second-order valence-corrected chi connectivity index (χ2v) is 7.50. The normalized spacial score (nSPS) is 11.8. The zero-order chi connectivity index (χ0) is 21.6. The van der Waals surface area contributed by atoms with Gasteiger partial charge in [0, 0.05) is 6.54 Å². The average Bonchev–Trinajstić information content (AvgIpc) is 3.23. The summed E-state index contributed by atoms with van der Waals surface area (Å²) in [7, 11) is 1.65. The van der Waals surface area contributed by atoms with Crippen LogP contribution in [0.1, 0.15) is 28.6 Å². The van der Waals surface area contributed by atoms with Gasteiger partial charge in [-0.1, -0.05) is 48.5 Å². The van der Waals surface area contributed by atoms with Crippen molar-refractivity contribution >= 4 is 17.1 Å². The summed E-state index contributed by atoms with van der Waals surface area (Å²) in [5.74, 6) is 1.52. The number of hydrogen-bond acceptors (Lipinski definition) is 3. The van der Waals surface area contributed by atoms with Crippen molar-refractivity contribution in [2.45, 2.75) is 25.9 Å². The van der Waals surface area contributed by atoms with Crippen LogP contribution in [0, 0.1) is 6.92 Å². The van der Waals surface area contributed by atoms with Gasteiger partial charge in [0.2, 0.25) is 0 Å². The highest BCUT2D eigenvalue weighted by atomic mass is 16.5. The number of carbonyl (C=O) groups excluding carboxylic acids is 1. The van der Waals surface area contributed by atoms with Gasteiger partial charge < -0.3 is 20.4 Å². The number of benzene rings is 3. The molecule has 4 rings (SSSR count). The van der Waals surface area contributed by atoms with Crippen LogP contribution in [0.15, 0.2) is 72.8 Å². The van der Waals surface area contributed by atoms with E-state index >= 15 is 0 Å². The van der Waals surface area contributed by atoms with Crippen LogP contribution in [0.5, 0.6) is 5.75 Å². The minimum Gasteiger partial charge on any atom is -0.497 e. The summed E-state index contributed by atoms with van der Waals surface area (Å²) in [5, 5.41) is 6.05. The van der Waals surface area contributed by atoms with E-state index in [0.717, 1.165) is 39.3 Å². The molecule has 158 valence electrons. The van der Waals surface area contributed by atoms with E-state index in [1.54, 1.807) is 7.11 Å². The number of nitrogens with one attached hydrogen (secondary N) is 3. The van der Waals surface area contributed by atoms with Crippen LogP contribution in [0.2, 0.25) is 0 Å². The fraction of sp³-hybridized carbons (Fsp3) is 0.200. The number of H-pyrrole nitrogens is 1. The van der Waals surface area contributed by atoms with E-state index in [9.17, 15) is 4.79 Å². The molecule has 0 aliphatic carbocycles. The number of imidazole rings is 1. The summed E-state index contributed by atoms with van der Waals surface area (Å²) in [6.45, 7) is 2.50. The van der Waals surface area contributed by atoms with Crippen LogP contribution in [-0.2, 0) is 13.0 Å². The summed E-state index contributed by atoms with van der Waals surface area (Å²) < 4.78 is 5.25. The van der Waals surface area contributed by atoms with Crippen molar-refractivity contribution in [2.24, 2.45) is 0 Å². The van der Waals surface area contributed by atoms with Crippen LogP contribution in [0.4, 0.5) is 4.79 Å². The van der Waals surface area contributed by atoms with Crippen molar-refractivity contribution in [3.63, 3.8) is 0 Å². The highest BCUT2D eigenvalue weighted by Crippen LogP contribution is 2.21. The van der Waals surface area contributed by atoms with Crippen LogP contribution < -0.4 is 15.4 Å². The molecule has 6 heteroatoms. The molecule has 0 saturated carbocycles. The van der Waals surface area contributed by atoms with Crippen LogP contribution in [-0.4, -0.2) is 23.1 Å². The molecular weight excluding hydrogens is 388 g/mol. The fourth-order valence-corrected chi connectivity index (χ4v) is 3.54. The monoisotopic (exact) mass is 414 g/mol. The molecule has 1 heterocycles. The molecular formula is C25H26N4O2. The maximum atomic E-state index is 12.7. The number of methoxy groups -OCH3 is 1. The lowest BCUT2D eigenvalue weighted by Gasteiger charge is -2.18. The number of fused-ring (bicyclic) bond motifs is 1. The summed E-state index contributed by atoms with van der Waals surface area (Å²) in [6.07, 6.45) is 0.599. The predicted molar refractivity (Wildman–Crippen MR) is 122 cm³/mol. The topological polar surface area (TPSA) is 79.0 Å². The molecule has 0 aliphatic rings. The second-order valence-electron chi connectivity index (χ2n) is 7.50. The van der Waals surface area contributed by atoms with E-state index in [1.165, 1.54) is 0 Å². The number of aromatic amines is 1. The van der Waals surface area contributed by atoms with Crippen LogP contribution >= 0.6 is 0 Å². The van der Waals surface area contributed by atoms with Crippen molar-refractivity contribution in [2.75, 3.05) is 7.11 Å². The lowest BCUT2D eigenvalue weighted by Crippen LogP contribution is -2.38. The molecule has 0 aliphatic heterocycles. The Bertz CT molecular complexity index is 1130. The number of ether oxygens (including phenoxy) is 1. The lowest BCUT2D eigenvalue weighted by atomic mass is 10.1. The third-order valence-electron chi connectivity index (χ3n) is 5.34. The quantitative estimate of drug-likeness (QED) is 0.411. The van der Waals surface area contributed by atoms with Gasteiger partial charge in [-0.05, 0) is 54.3 Å². The van der Waals surface area contributed by atoms with E-state index in [2.05, 4.69) is 15.6 Å². The predicted octanol–water partition coefficient (Wildman–Crippen LogP) is 4.66. The van der Waals surface area contributed by atoms with Crippen molar-refractivity contribution in [1.29, 1.82) is 0 Å². The summed E-state index contributed by atoms with van der Waals surface area (Å²) in [5.41, 5.74) is 5.13. The number of urea groups is 1.